The van der Waals surface area contributed by atoms with Crippen molar-refractivity contribution in [3.8, 4) is 6.07 Å². The lowest BCUT2D eigenvalue weighted by atomic mass is 9.74. The number of amides is 1. The first-order valence-corrected chi connectivity index (χ1v) is 7.36. The highest BCUT2D eigenvalue weighted by atomic mass is 32.1. The maximum atomic E-state index is 12.3. The molecule has 0 aliphatic heterocycles. The van der Waals surface area contributed by atoms with Crippen molar-refractivity contribution in [1.82, 2.24) is 5.32 Å². The number of hydrogen-bond acceptors (Lipinski definition) is 3. The minimum absolute atomic E-state index is 0.0177. The molecule has 1 unspecified atom stereocenters. The van der Waals surface area contributed by atoms with Gasteiger partial charge in [0.2, 0.25) is 5.91 Å². The third-order valence-corrected chi connectivity index (χ3v) is 4.45. The van der Waals surface area contributed by atoms with E-state index in [1.807, 2.05) is 23.8 Å². The maximum absolute atomic E-state index is 12.3. The van der Waals surface area contributed by atoms with Crippen LogP contribution in [0, 0.1) is 16.7 Å². The summed E-state index contributed by atoms with van der Waals surface area (Å²) >= 11 is 1.62. The molecule has 1 aromatic heterocycles. The molecule has 1 N–H and O–H groups in total. The van der Waals surface area contributed by atoms with Crippen LogP contribution in [0.2, 0.25) is 0 Å². The Bertz CT molecular complexity index is 441. The zero-order chi connectivity index (χ0) is 13.0. The Morgan fingerprint density at radius 2 is 2.22 bits per heavy atom. The van der Waals surface area contributed by atoms with Crippen molar-refractivity contribution < 1.29 is 4.79 Å². The molecule has 0 spiro atoms. The monoisotopic (exact) mass is 262 g/mol. The molecule has 0 radical (unpaired) electrons. The van der Waals surface area contributed by atoms with Gasteiger partial charge >= 0.3 is 0 Å². The predicted molar refractivity (Wildman–Crippen MR) is 72.0 cm³/mol. The molecule has 4 heteroatoms. The highest BCUT2D eigenvalue weighted by Crippen LogP contribution is 2.36. The fourth-order valence-electron chi connectivity index (χ4n) is 2.48. The van der Waals surface area contributed by atoms with Gasteiger partial charge in [0.15, 0.2) is 0 Å². The zero-order valence-electron chi connectivity index (χ0n) is 10.6. The van der Waals surface area contributed by atoms with Gasteiger partial charge in [0.1, 0.15) is 5.41 Å². The standard InChI is InChI=1S/C14H18N2OS/c1-11(12-5-8-18-9-12)16-13(17)14(10-15)6-3-2-4-7-14/h5,8-9,11H,2-4,6-7H2,1H3,(H,16,17). The van der Waals surface area contributed by atoms with Gasteiger partial charge < -0.3 is 5.32 Å². The Balaban J connectivity index is 2.04. The van der Waals surface area contributed by atoms with E-state index in [9.17, 15) is 10.1 Å². The Morgan fingerprint density at radius 1 is 1.50 bits per heavy atom. The normalized spacial score (nSPS) is 19.8. The summed E-state index contributed by atoms with van der Waals surface area (Å²) < 4.78 is 0. The van der Waals surface area contributed by atoms with Crippen LogP contribution in [0.5, 0.6) is 0 Å². The topological polar surface area (TPSA) is 52.9 Å². The van der Waals surface area contributed by atoms with Crippen LogP contribution in [-0.2, 0) is 4.79 Å². The molecule has 1 aliphatic rings. The third kappa shape index (κ3) is 2.56. The zero-order valence-corrected chi connectivity index (χ0v) is 11.4. The third-order valence-electron chi connectivity index (χ3n) is 3.75. The van der Waals surface area contributed by atoms with Gasteiger partial charge in [0.25, 0.3) is 0 Å². The van der Waals surface area contributed by atoms with E-state index in [0.717, 1.165) is 24.8 Å². The van der Waals surface area contributed by atoms with E-state index < -0.39 is 5.41 Å². The average Bonchev–Trinajstić information content (AvgIpc) is 2.93. The van der Waals surface area contributed by atoms with Crippen LogP contribution < -0.4 is 5.32 Å². The van der Waals surface area contributed by atoms with Crippen LogP contribution in [0.4, 0.5) is 0 Å². The van der Waals surface area contributed by atoms with Crippen molar-refractivity contribution in [2.45, 2.75) is 45.1 Å². The second-order valence-corrected chi connectivity index (χ2v) is 5.79. The van der Waals surface area contributed by atoms with Gasteiger partial charge in [-0.25, -0.2) is 0 Å². The fraction of sp³-hybridized carbons (Fsp3) is 0.571. The summed E-state index contributed by atoms with van der Waals surface area (Å²) in [5.41, 5.74) is 0.319. The molecule has 96 valence electrons. The molecule has 18 heavy (non-hydrogen) atoms. The molecule has 0 bridgehead atoms. The number of hydrogen-bond donors (Lipinski definition) is 1. The molecule has 1 atom stereocenters. The number of carbonyl (C=O) groups is 1. The molecule has 1 aromatic rings. The summed E-state index contributed by atoms with van der Waals surface area (Å²) in [7, 11) is 0. The van der Waals surface area contributed by atoms with E-state index in [1.165, 1.54) is 0 Å². The second-order valence-electron chi connectivity index (χ2n) is 5.01. The van der Waals surface area contributed by atoms with Gasteiger partial charge in [-0.05, 0) is 42.2 Å². The van der Waals surface area contributed by atoms with E-state index in [4.69, 9.17) is 0 Å². The number of nitriles is 1. The van der Waals surface area contributed by atoms with Gasteiger partial charge in [0.05, 0.1) is 12.1 Å². The molecule has 1 heterocycles. The van der Waals surface area contributed by atoms with Crippen LogP contribution in [0.1, 0.15) is 50.6 Å². The van der Waals surface area contributed by atoms with Crippen molar-refractivity contribution in [3.63, 3.8) is 0 Å². The lowest BCUT2D eigenvalue weighted by Gasteiger charge is -2.30. The molecule has 2 rings (SSSR count). The highest BCUT2D eigenvalue weighted by molar-refractivity contribution is 7.07. The number of thiophene rings is 1. The van der Waals surface area contributed by atoms with Gasteiger partial charge in [-0.2, -0.15) is 16.6 Å². The van der Waals surface area contributed by atoms with Crippen LogP contribution >= 0.6 is 11.3 Å². The van der Waals surface area contributed by atoms with E-state index in [0.29, 0.717) is 12.8 Å². The van der Waals surface area contributed by atoms with Crippen LogP contribution in [-0.4, -0.2) is 5.91 Å². The summed E-state index contributed by atoms with van der Waals surface area (Å²) in [5.74, 6) is -0.0941. The highest BCUT2D eigenvalue weighted by Gasteiger charge is 2.40. The van der Waals surface area contributed by atoms with E-state index in [2.05, 4.69) is 11.4 Å². The SMILES string of the molecule is CC(NC(=O)C1(C#N)CCCCC1)c1ccsc1. The van der Waals surface area contributed by atoms with Gasteiger partial charge in [0, 0.05) is 0 Å². The Morgan fingerprint density at radius 3 is 2.78 bits per heavy atom. The molecule has 1 fully saturated rings. The summed E-state index contributed by atoms with van der Waals surface area (Å²) in [6, 6.07) is 4.25. The molecule has 1 saturated carbocycles. The Hall–Kier alpha value is -1.34. The second kappa shape index (κ2) is 5.53. The van der Waals surface area contributed by atoms with Gasteiger partial charge in [-0.1, -0.05) is 19.3 Å². The number of nitrogens with zero attached hydrogens (tertiary/aromatic N) is 1. The molecule has 3 nitrogen and oxygen atoms in total. The first-order valence-electron chi connectivity index (χ1n) is 6.42. The van der Waals surface area contributed by atoms with Crippen molar-refractivity contribution in [2.75, 3.05) is 0 Å². The van der Waals surface area contributed by atoms with E-state index in [1.54, 1.807) is 11.3 Å². The predicted octanol–water partition coefficient (Wildman–Crippen LogP) is 3.40. The molecule has 1 aliphatic carbocycles. The van der Waals surface area contributed by atoms with E-state index in [-0.39, 0.29) is 11.9 Å². The van der Waals surface area contributed by atoms with Crippen molar-refractivity contribution >= 4 is 17.2 Å². The van der Waals surface area contributed by atoms with Crippen LogP contribution in [0.25, 0.3) is 0 Å². The minimum atomic E-state index is -0.789. The summed E-state index contributed by atoms with van der Waals surface area (Å²) in [4.78, 5) is 12.3. The number of carbonyl (C=O) groups excluding carboxylic acids is 1. The minimum Gasteiger partial charge on any atom is -0.348 e. The molecule has 0 saturated heterocycles. The average molecular weight is 262 g/mol. The van der Waals surface area contributed by atoms with Gasteiger partial charge in [-0.15, -0.1) is 0 Å². The van der Waals surface area contributed by atoms with Crippen LogP contribution in [0.15, 0.2) is 16.8 Å². The Kier molecular flexibility index (Phi) is 4.03. The van der Waals surface area contributed by atoms with Crippen molar-refractivity contribution in [3.05, 3.63) is 22.4 Å². The molecular weight excluding hydrogens is 244 g/mol. The fourth-order valence-corrected chi connectivity index (χ4v) is 3.24. The lowest BCUT2D eigenvalue weighted by molar-refractivity contribution is -0.130. The van der Waals surface area contributed by atoms with Crippen molar-refractivity contribution in [1.29, 1.82) is 5.26 Å². The largest absolute Gasteiger partial charge is 0.348 e. The molecule has 1 amide bonds. The summed E-state index contributed by atoms with van der Waals surface area (Å²) in [6.45, 7) is 1.97. The smallest absolute Gasteiger partial charge is 0.240 e. The first kappa shape index (κ1) is 13.1. The quantitative estimate of drug-likeness (QED) is 0.907. The number of nitrogens with one attached hydrogen (secondary N) is 1. The summed E-state index contributed by atoms with van der Waals surface area (Å²) in [6.07, 6.45) is 4.50. The van der Waals surface area contributed by atoms with E-state index >= 15 is 0 Å². The van der Waals surface area contributed by atoms with Crippen molar-refractivity contribution in [2.24, 2.45) is 5.41 Å². The summed E-state index contributed by atoms with van der Waals surface area (Å²) in [5, 5.41) is 16.4. The Labute approximate surface area is 112 Å². The maximum Gasteiger partial charge on any atom is 0.240 e. The number of rotatable bonds is 3. The molecular formula is C14H18N2OS. The van der Waals surface area contributed by atoms with Gasteiger partial charge in [-0.3, -0.25) is 4.79 Å². The molecule has 0 aromatic carbocycles. The van der Waals surface area contributed by atoms with Crippen LogP contribution in [0.3, 0.4) is 0 Å². The lowest BCUT2D eigenvalue weighted by Crippen LogP contribution is -2.42. The first-order chi connectivity index (χ1) is 8.68.